The summed E-state index contributed by atoms with van der Waals surface area (Å²) in [6.07, 6.45) is 4.02. The maximum Gasteiger partial charge on any atom is 0.222 e. The lowest BCUT2D eigenvalue weighted by Crippen LogP contribution is -2.47. The van der Waals surface area contributed by atoms with Gasteiger partial charge in [-0.05, 0) is 32.6 Å². The molecule has 0 aliphatic carbocycles. The van der Waals surface area contributed by atoms with Crippen molar-refractivity contribution in [1.82, 2.24) is 15.2 Å². The largest absolute Gasteiger partial charge is 0.353 e. The number of carbonyl (C=O) groups excluding carboxylic acids is 2. The third kappa shape index (κ3) is 5.61. The van der Waals surface area contributed by atoms with Crippen LogP contribution >= 0.6 is 11.3 Å². The normalized spacial score (nSPS) is 15.9. The molecule has 23 heavy (non-hydrogen) atoms. The maximum absolute atomic E-state index is 12.3. The summed E-state index contributed by atoms with van der Waals surface area (Å²) in [7, 11) is 0. The van der Waals surface area contributed by atoms with Crippen LogP contribution in [0, 0.1) is 12.8 Å². The van der Waals surface area contributed by atoms with Gasteiger partial charge in [-0.3, -0.25) is 9.59 Å². The number of aromatic nitrogens is 1. The molecule has 0 saturated carbocycles. The second-order valence-electron chi connectivity index (χ2n) is 6.53. The molecule has 1 saturated heterocycles. The van der Waals surface area contributed by atoms with Gasteiger partial charge in [0, 0.05) is 36.9 Å². The van der Waals surface area contributed by atoms with E-state index in [4.69, 9.17) is 0 Å². The third-order valence-electron chi connectivity index (χ3n) is 4.21. The first-order valence-electron chi connectivity index (χ1n) is 8.45. The summed E-state index contributed by atoms with van der Waals surface area (Å²) in [5.41, 5.74) is 1.09. The Hall–Kier alpha value is -1.43. The zero-order valence-corrected chi connectivity index (χ0v) is 15.1. The molecule has 5 nitrogen and oxygen atoms in total. The van der Waals surface area contributed by atoms with Crippen LogP contribution in [-0.2, 0) is 16.0 Å². The lowest BCUT2D eigenvalue weighted by atomic mass is 10.0. The van der Waals surface area contributed by atoms with Gasteiger partial charge in [0.05, 0.1) is 10.7 Å². The fourth-order valence-corrected chi connectivity index (χ4v) is 3.39. The molecule has 6 heteroatoms. The average molecular weight is 337 g/mol. The number of amides is 2. The van der Waals surface area contributed by atoms with Gasteiger partial charge >= 0.3 is 0 Å². The molecule has 0 bridgehead atoms. The number of piperidine rings is 1. The number of hydrogen-bond acceptors (Lipinski definition) is 4. The predicted octanol–water partition coefficient (Wildman–Crippen LogP) is 2.54. The van der Waals surface area contributed by atoms with Crippen molar-refractivity contribution >= 4 is 23.2 Å². The van der Waals surface area contributed by atoms with Crippen LogP contribution in [0.5, 0.6) is 0 Å². The Morgan fingerprint density at radius 3 is 2.65 bits per heavy atom. The minimum Gasteiger partial charge on any atom is -0.353 e. The van der Waals surface area contributed by atoms with Crippen LogP contribution in [0.15, 0.2) is 5.38 Å². The molecule has 1 aromatic rings. The molecule has 1 aliphatic rings. The van der Waals surface area contributed by atoms with Crippen molar-refractivity contribution < 1.29 is 9.59 Å². The van der Waals surface area contributed by atoms with Gasteiger partial charge in [0.2, 0.25) is 11.8 Å². The van der Waals surface area contributed by atoms with E-state index in [1.807, 2.05) is 25.7 Å². The molecule has 1 aliphatic heterocycles. The molecule has 0 radical (unpaired) electrons. The van der Waals surface area contributed by atoms with Gasteiger partial charge in [0.15, 0.2) is 0 Å². The van der Waals surface area contributed by atoms with E-state index in [1.54, 1.807) is 11.3 Å². The number of nitrogens with zero attached hydrogens (tertiary/aromatic N) is 2. The number of thiazole rings is 1. The van der Waals surface area contributed by atoms with Gasteiger partial charge in [-0.2, -0.15) is 0 Å². The van der Waals surface area contributed by atoms with Gasteiger partial charge < -0.3 is 10.2 Å². The Kier molecular flexibility index (Phi) is 6.57. The van der Waals surface area contributed by atoms with Crippen LogP contribution in [0.3, 0.4) is 0 Å². The van der Waals surface area contributed by atoms with Crippen LogP contribution in [0.1, 0.15) is 50.2 Å². The second kappa shape index (κ2) is 8.43. The standard InChI is InChI=1S/C17H27N3O2S/c1-12(2)17(22)19-14-7-9-20(10-8-14)16(21)6-4-5-15-11-23-13(3)18-15/h11-12,14H,4-10H2,1-3H3,(H,19,22). The summed E-state index contributed by atoms with van der Waals surface area (Å²) in [6, 6.07) is 0.215. The van der Waals surface area contributed by atoms with Gasteiger partial charge in [-0.15, -0.1) is 11.3 Å². The highest BCUT2D eigenvalue weighted by Crippen LogP contribution is 2.15. The van der Waals surface area contributed by atoms with E-state index in [1.165, 1.54) is 0 Å². The number of hydrogen-bond donors (Lipinski definition) is 1. The van der Waals surface area contributed by atoms with Crippen LogP contribution in [0.25, 0.3) is 0 Å². The fourth-order valence-electron chi connectivity index (χ4n) is 2.74. The fraction of sp³-hybridized carbons (Fsp3) is 0.706. The highest BCUT2D eigenvalue weighted by molar-refractivity contribution is 7.09. The lowest BCUT2D eigenvalue weighted by Gasteiger charge is -2.32. The quantitative estimate of drug-likeness (QED) is 0.868. The molecule has 2 rings (SSSR count). The summed E-state index contributed by atoms with van der Waals surface area (Å²) >= 11 is 1.66. The van der Waals surface area contributed by atoms with E-state index in [0.717, 1.165) is 49.5 Å². The van der Waals surface area contributed by atoms with Gasteiger partial charge in [0.1, 0.15) is 0 Å². The zero-order chi connectivity index (χ0) is 16.8. The number of carbonyl (C=O) groups is 2. The first-order valence-corrected chi connectivity index (χ1v) is 9.33. The third-order valence-corrected chi connectivity index (χ3v) is 5.03. The molecule has 0 spiro atoms. The molecule has 0 aromatic carbocycles. The zero-order valence-electron chi connectivity index (χ0n) is 14.3. The predicted molar refractivity (Wildman–Crippen MR) is 92.4 cm³/mol. The SMILES string of the molecule is Cc1nc(CCCC(=O)N2CCC(NC(=O)C(C)C)CC2)cs1. The minimum atomic E-state index is 0.0176. The Balaban J connectivity index is 1.66. The molecule has 1 fully saturated rings. The molecule has 2 heterocycles. The summed E-state index contributed by atoms with van der Waals surface area (Å²) in [5, 5.41) is 6.21. The van der Waals surface area contributed by atoms with E-state index in [9.17, 15) is 9.59 Å². The monoisotopic (exact) mass is 337 g/mol. The van der Waals surface area contributed by atoms with Gasteiger partial charge in [-0.1, -0.05) is 13.8 Å². The Bertz CT molecular complexity index is 534. The van der Waals surface area contributed by atoms with E-state index >= 15 is 0 Å². The van der Waals surface area contributed by atoms with Crippen molar-refractivity contribution in [3.63, 3.8) is 0 Å². The molecular formula is C17H27N3O2S. The van der Waals surface area contributed by atoms with E-state index in [0.29, 0.717) is 6.42 Å². The van der Waals surface area contributed by atoms with Crippen molar-refractivity contribution in [2.75, 3.05) is 13.1 Å². The highest BCUT2D eigenvalue weighted by Gasteiger charge is 2.24. The topological polar surface area (TPSA) is 62.3 Å². The number of likely N-dealkylation sites (tertiary alicyclic amines) is 1. The molecule has 128 valence electrons. The number of aryl methyl sites for hydroxylation is 2. The van der Waals surface area contributed by atoms with Gasteiger partial charge in [0.25, 0.3) is 0 Å². The van der Waals surface area contributed by atoms with Crippen LogP contribution in [-0.4, -0.2) is 40.8 Å². The van der Waals surface area contributed by atoms with Crippen molar-refractivity contribution in [1.29, 1.82) is 0 Å². The summed E-state index contributed by atoms with van der Waals surface area (Å²) in [6.45, 7) is 7.30. The first kappa shape index (κ1) is 17.9. The van der Waals surface area contributed by atoms with Gasteiger partial charge in [-0.25, -0.2) is 4.98 Å². The van der Waals surface area contributed by atoms with E-state index < -0.39 is 0 Å². The maximum atomic E-state index is 12.3. The number of rotatable bonds is 6. The smallest absolute Gasteiger partial charge is 0.222 e. The summed E-state index contributed by atoms with van der Waals surface area (Å²) in [5.74, 6) is 0.350. The molecular weight excluding hydrogens is 310 g/mol. The highest BCUT2D eigenvalue weighted by atomic mass is 32.1. The molecule has 0 unspecified atom stereocenters. The van der Waals surface area contributed by atoms with Crippen LogP contribution < -0.4 is 5.32 Å². The molecule has 1 N–H and O–H groups in total. The Morgan fingerprint density at radius 1 is 1.39 bits per heavy atom. The Labute approximate surface area is 142 Å². The van der Waals surface area contributed by atoms with Crippen molar-refractivity contribution in [2.45, 2.75) is 58.9 Å². The Morgan fingerprint density at radius 2 is 2.09 bits per heavy atom. The van der Waals surface area contributed by atoms with Crippen LogP contribution in [0.4, 0.5) is 0 Å². The molecule has 0 atom stereocenters. The van der Waals surface area contributed by atoms with E-state index in [-0.39, 0.29) is 23.8 Å². The van der Waals surface area contributed by atoms with E-state index in [2.05, 4.69) is 15.7 Å². The van der Waals surface area contributed by atoms with Crippen molar-refractivity contribution in [2.24, 2.45) is 5.92 Å². The minimum absolute atomic E-state index is 0.0176. The van der Waals surface area contributed by atoms with Crippen molar-refractivity contribution in [3.05, 3.63) is 16.1 Å². The summed E-state index contributed by atoms with van der Waals surface area (Å²) < 4.78 is 0. The first-order chi connectivity index (χ1) is 11.0. The van der Waals surface area contributed by atoms with Crippen molar-refractivity contribution in [3.8, 4) is 0 Å². The average Bonchev–Trinajstić information content (AvgIpc) is 2.93. The summed E-state index contributed by atoms with van der Waals surface area (Å²) in [4.78, 5) is 30.3. The second-order valence-corrected chi connectivity index (χ2v) is 7.59. The molecule has 1 aromatic heterocycles. The molecule has 2 amide bonds. The number of nitrogens with one attached hydrogen (secondary N) is 1. The lowest BCUT2D eigenvalue weighted by molar-refractivity contribution is -0.132. The van der Waals surface area contributed by atoms with Crippen LogP contribution in [0.2, 0.25) is 0 Å².